The van der Waals surface area contributed by atoms with Crippen molar-refractivity contribution >= 4 is 21.4 Å². The molecule has 2 fully saturated rings. The number of thiophene rings is 1. The van der Waals surface area contributed by atoms with Gasteiger partial charge in [-0.05, 0) is 141 Å². The molecular weight excluding hydrogens is 564 g/mol. The Morgan fingerprint density at radius 2 is 1.52 bits per heavy atom. The van der Waals surface area contributed by atoms with Crippen LogP contribution in [0, 0.1) is 0 Å². The van der Waals surface area contributed by atoms with E-state index in [0.29, 0.717) is 6.04 Å². The minimum Gasteiger partial charge on any atom is -0.497 e. The van der Waals surface area contributed by atoms with E-state index in [2.05, 4.69) is 90.4 Å². The molecule has 1 aromatic heterocycles. The van der Waals surface area contributed by atoms with Crippen LogP contribution in [0.3, 0.4) is 0 Å². The van der Waals surface area contributed by atoms with Crippen LogP contribution in [0.4, 0.5) is 0 Å². The van der Waals surface area contributed by atoms with Crippen LogP contribution in [-0.2, 0) is 6.42 Å². The third kappa shape index (κ3) is 7.25. The number of likely N-dealkylation sites (tertiary alicyclic amines) is 1. The molecule has 2 atom stereocenters. The first kappa shape index (κ1) is 30.9. The molecule has 0 bridgehead atoms. The van der Waals surface area contributed by atoms with Crippen molar-refractivity contribution in [1.82, 2.24) is 9.80 Å². The third-order valence-electron chi connectivity index (χ3n) is 9.53. The van der Waals surface area contributed by atoms with Gasteiger partial charge in [0.15, 0.2) is 0 Å². The second kappa shape index (κ2) is 14.8. The van der Waals surface area contributed by atoms with Crippen molar-refractivity contribution < 1.29 is 14.2 Å². The fourth-order valence-electron chi connectivity index (χ4n) is 7.06. The monoisotopic (exact) mass is 612 g/mol. The smallest absolute Gasteiger partial charge is 0.120 e. The molecule has 6 heteroatoms. The van der Waals surface area contributed by atoms with E-state index in [1.54, 1.807) is 7.11 Å². The van der Waals surface area contributed by atoms with E-state index in [0.717, 1.165) is 56.3 Å². The SMILES string of the molecule is CCN(CC)[C@@H]1CCCC[C@H]1Oc1ccc(Cc2c(-c3ccc(OCCN4CCCC4)cc3)sc3cc(OC)ccc23)cc1. The number of likely N-dealkylation sites (N-methyl/N-ethyl adjacent to an activating group) is 1. The lowest BCUT2D eigenvalue weighted by molar-refractivity contribution is 0.0413. The van der Waals surface area contributed by atoms with Crippen LogP contribution in [0.2, 0.25) is 0 Å². The zero-order valence-corrected chi connectivity index (χ0v) is 27.5. The lowest BCUT2D eigenvalue weighted by Gasteiger charge is -2.39. The zero-order chi connectivity index (χ0) is 30.3. The molecule has 44 heavy (non-hydrogen) atoms. The molecule has 1 saturated heterocycles. The predicted molar refractivity (Wildman–Crippen MR) is 184 cm³/mol. The Morgan fingerprint density at radius 3 is 2.25 bits per heavy atom. The van der Waals surface area contributed by atoms with Gasteiger partial charge in [-0.25, -0.2) is 0 Å². The highest BCUT2D eigenvalue weighted by atomic mass is 32.1. The molecule has 6 rings (SSSR count). The standard InChI is InChI=1S/C38H48N2O3S/c1-4-40(5-2)35-10-6-7-11-36(35)43-31-16-12-28(13-17-31)26-34-33-21-20-32(41-3)27-37(33)44-38(34)29-14-18-30(19-15-29)42-25-24-39-22-8-9-23-39/h12-21,27,35-36H,4-11,22-26H2,1-3H3/t35-,36-/m1/s1. The molecule has 1 saturated carbocycles. The van der Waals surface area contributed by atoms with Gasteiger partial charge in [0.25, 0.3) is 0 Å². The maximum atomic E-state index is 6.63. The van der Waals surface area contributed by atoms with Gasteiger partial charge in [0.2, 0.25) is 0 Å². The van der Waals surface area contributed by atoms with Gasteiger partial charge in [-0.3, -0.25) is 9.80 Å². The predicted octanol–water partition coefficient (Wildman–Crippen LogP) is 8.67. The molecule has 2 aliphatic rings. The Kier molecular flexibility index (Phi) is 10.4. The highest BCUT2D eigenvalue weighted by molar-refractivity contribution is 7.22. The topological polar surface area (TPSA) is 34.2 Å². The van der Waals surface area contributed by atoms with Gasteiger partial charge >= 0.3 is 0 Å². The summed E-state index contributed by atoms with van der Waals surface area (Å²) in [7, 11) is 1.74. The Balaban J connectivity index is 1.19. The van der Waals surface area contributed by atoms with E-state index in [1.807, 2.05) is 11.3 Å². The minimum atomic E-state index is 0.268. The molecule has 0 amide bonds. The van der Waals surface area contributed by atoms with Crippen LogP contribution >= 0.6 is 11.3 Å². The van der Waals surface area contributed by atoms with Crippen LogP contribution in [0.25, 0.3) is 20.5 Å². The molecule has 0 N–H and O–H groups in total. The maximum Gasteiger partial charge on any atom is 0.120 e. The molecule has 1 aliphatic carbocycles. The summed E-state index contributed by atoms with van der Waals surface area (Å²) < 4.78 is 19.6. The highest BCUT2D eigenvalue weighted by Gasteiger charge is 2.30. The first-order chi connectivity index (χ1) is 21.6. The zero-order valence-electron chi connectivity index (χ0n) is 26.7. The van der Waals surface area contributed by atoms with Crippen LogP contribution in [0.1, 0.15) is 63.5 Å². The number of fused-ring (bicyclic) bond motifs is 1. The van der Waals surface area contributed by atoms with Gasteiger partial charge < -0.3 is 14.2 Å². The normalized spacial score (nSPS) is 19.1. The molecule has 3 aromatic carbocycles. The average molecular weight is 613 g/mol. The van der Waals surface area contributed by atoms with Crippen LogP contribution in [0.5, 0.6) is 17.2 Å². The second-order valence-electron chi connectivity index (χ2n) is 12.2. The van der Waals surface area contributed by atoms with Gasteiger partial charge in [0.05, 0.1) is 7.11 Å². The van der Waals surface area contributed by atoms with Crippen LogP contribution in [0.15, 0.2) is 66.7 Å². The third-order valence-corrected chi connectivity index (χ3v) is 10.8. The molecular formula is C38H48N2O3S. The molecule has 0 radical (unpaired) electrons. The fourth-order valence-corrected chi connectivity index (χ4v) is 8.31. The lowest BCUT2D eigenvalue weighted by atomic mass is 9.91. The van der Waals surface area contributed by atoms with Gasteiger partial charge in [-0.15, -0.1) is 11.3 Å². The first-order valence-electron chi connectivity index (χ1n) is 16.7. The Morgan fingerprint density at radius 1 is 0.818 bits per heavy atom. The van der Waals surface area contributed by atoms with Crippen molar-refractivity contribution in [1.29, 1.82) is 0 Å². The number of benzene rings is 3. The summed E-state index contributed by atoms with van der Waals surface area (Å²) in [6.07, 6.45) is 8.68. The van der Waals surface area contributed by atoms with Crippen molar-refractivity contribution in [2.75, 3.05) is 46.4 Å². The number of ether oxygens (including phenoxy) is 3. The number of methoxy groups -OCH3 is 1. The highest BCUT2D eigenvalue weighted by Crippen LogP contribution is 2.42. The molecule has 4 aromatic rings. The molecule has 234 valence electrons. The Bertz CT molecular complexity index is 1470. The molecule has 5 nitrogen and oxygen atoms in total. The number of hydrogen-bond donors (Lipinski definition) is 0. The molecule has 0 unspecified atom stereocenters. The largest absolute Gasteiger partial charge is 0.497 e. The maximum absolute atomic E-state index is 6.63. The summed E-state index contributed by atoms with van der Waals surface area (Å²) in [5.41, 5.74) is 3.88. The first-order valence-corrected chi connectivity index (χ1v) is 17.5. The quantitative estimate of drug-likeness (QED) is 0.151. The Hall–Kier alpha value is -3.06. The minimum absolute atomic E-state index is 0.268. The summed E-state index contributed by atoms with van der Waals surface area (Å²) in [6.45, 7) is 10.8. The van der Waals surface area contributed by atoms with E-state index in [1.165, 1.54) is 76.8 Å². The summed E-state index contributed by atoms with van der Waals surface area (Å²) >= 11 is 1.84. The average Bonchev–Trinajstić information content (AvgIpc) is 3.71. The Labute approximate surface area is 267 Å². The summed E-state index contributed by atoms with van der Waals surface area (Å²) in [4.78, 5) is 6.37. The van der Waals surface area contributed by atoms with Crippen molar-refractivity contribution in [2.24, 2.45) is 0 Å². The van der Waals surface area contributed by atoms with Crippen LogP contribution < -0.4 is 14.2 Å². The van der Waals surface area contributed by atoms with Crippen molar-refractivity contribution in [2.45, 2.75) is 70.9 Å². The van der Waals surface area contributed by atoms with Crippen LogP contribution in [-0.4, -0.2) is 68.4 Å². The molecule has 2 heterocycles. The summed E-state index contributed by atoms with van der Waals surface area (Å²) in [6, 6.07) is 24.5. The van der Waals surface area contributed by atoms with Crippen molar-refractivity contribution in [3.8, 4) is 27.7 Å². The molecule has 0 spiro atoms. The number of rotatable bonds is 13. The molecule has 1 aliphatic heterocycles. The van der Waals surface area contributed by atoms with E-state index in [4.69, 9.17) is 14.2 Å². The van der Waals surface area contributed by atoms with Crippen molar-refractivity contribution in [3.05, 3.63) is 77.9 Å². The van der Waals surface area contributed by atoms with E-state index >= 15 is 0 Å². The van der Waals surface area contributed by atoms with Crippen molar-refractivity contribution in [3.63, 3.8) is 0 Å². The van der Waals surface area contributed by atoms with Gasteiger partial charge in [0.1, 0.15) is 30.0 Å². The van der Waals surface area contributed by atoms with E-state index < -0.39 is 0 Å². The van der Waals surface area contributed by atoms with E-state index in [-0.39, 0.29) is 6.10 Å². The van der Waals surface area contributed by atoms with E-state index in [9.17, 15) is 0 Å². The van der Waals surface area contributed by atoms with Gasteiger partial charge in [0, 0.05) is 22.2 Å². The lowest BCUT2D eigenvalue weighted by Crippen LogP contribution is -2.47. The summed E-state index contributed by atoms with van der Waals surface area (Å²) in [5.74, 6) is 2.82. The number of hydrogen-bond acceptors (Lipinski definition) is 6. The summed E-state index contributed by atoms with van der Waals surface area (Å²) in [5, 5.41) is 1.29. The number of nitrogens with zero attached hydrogens (tertiary/aromatic N) is 2. The van der Waals surface area contributed by atoms with Gasteiger partial charge in [-0.2, -0.15) is 0 Å². The second-order valence-corrected chi connectivity index (χ2v) is 13.3. The fraction of sp³-hybridized carbons (Fsp3) is 0.474. The van der Waals surface area contributed by atoms with Gasteiger partial charge in [-0.1, -0.05) is 32.4 Å².